The Labute approximate surface area is 85.8 Å². The summed E-state index contributed by atoms with van der Waals surface area (Å²) in [5, 5.41) is 3.55. The number of amides is 1. The van der Waals surface area contributed by atoms with Crippen LogP contribution >= 0.6 is 23.2 Å². The molecule has 0 saturated heterocycles. The third-order valence-corrected chi connectivity index (χ3v) is 2.09. The fraction of sp³-hybridized carbons (Fsp3) is 0.125. The van der Waals surface area contributed by atoms with Crippen LogP contribution in [0.15, 0.2) is 12.1 Å². The van der Waals surface area contributed by atoms with Crippen LogP contribution in [-0.2, 0) is 0 Å². The highest BCUT2D eigenvalue weighted by molar-refractivity contribution is 6.37. The third-order valence-electron chi connectivity index (χ3n) is 1.57. The molecule has 5 heteroatoms. The first-order valence-corrected chi connectivity index (χ1v) is 4.28. The quantitative estimate of drug-likeness (QED) is 0.800. The first-order valence-electron chi connectivity index (χ1n) is 3.53. The smallest absolute Gasteiger partial charge is 0.250 e. The predicted molar refractivity (Wildman–Crippen MR) is 54.5 cm³/mol. The topological polar surface area (TPSA) is 55.1 Å². The lowest BCUT2D eigenvalue weighted by atomic mass is 10.1. The number of rotatable bonds is 2. The second-order valence-corrected chi connectivity index (χ2v) is 3.27. The van der Waals surface area contributed by atoms with Gasteiger partial charge < -0.3 is 11.1 Å². The van der Waals surface area contributed by atoms with Gasteiger partial charge in [0.2, 0.25) is 0 Å². The van der Waals surface area contributed by atoms with Gasteiger partial charge in [0.25, 0.3) is 5.91 Å². The molecule has 0 radical (unpaired) electrons. The van der Waals surface area contributed by atoms with Crippen LogP contribution in [0.25, 0.3) is 0 Å². The number of nitrogens with two attached hydrogens (primary N) is 1. The van der Waals surface area contributed by atoms with Crippen LogP contribution in [0.4, 0.5) is 5.69 Å². The number of halogens is 2. The average Bonchev–Trinajstić information content (AvgIpc) is 2.02. The number of carbonyl (C=O) groups is 1. The maximum absolute atomic E-state index is 11.0. The summed E-state index contributed by atoms with van der Waals surface area (Å²) in [6, 6.07) is 3.02. The van der Waals surface area contributed by atoms with Gasteiger partial charge in [-0.1, -0.05) is 23.2 Å². The van der Waals surface area contributed by atoms with E-state index in [1.54, 1.807) is 13.1 Å². The van der Waals surface area contributed by atoms with Crippen molar-refractivity contribution in [3.8, 4) is 0 Å². The van der Waals surface area contributed by atoms with Gasteiger partial charge >= 0.3 is 0 Å². The zero-order valence-electron chi connectivity index (χ0n) is 6.90. The Morgan fingerprint density at radius 1 is 1.46 bits per heavy atom. The zero-order chi connectivity index (χ0) is 10.0. The van der Waals surface area contributed by atoms with E-state index < -0.39 is 5.91 Å². The van der Waals surface area contributed by atoms with Gasteiger partial charge in [0.15, 0.2) is 0 Å². The van der Waals surface area contributed by atoms with E-state index in [4.69, 9.17) is 28.9 Å². The maximum atomic E-state index is 11.0. The average molecular weight is 219 g/mol. The highest BCUT2D eigenvalue weighted by atomic mass is 35.5. The summed E-state index contributed by atoms with van der Waals surface area (Å²) in [4.78, 5) is 11.0. The van der Waals surface area contributed by atoms with Gasteiger partial charge in [-0.05, 0) is 12.1 Å². The van der Waals surface area contributed by atoms with Crippen LogP contribution in [0, 0.1) is 0 Å². The Hall–Kier alpha value is -0.930. The molecular weight excluding hydrogens is 211 g/mol. The molecule has 1 amide bonds. The SMILES string of the molecule is CNc1c(Cl)cc(Cl)cc1C(N)=O. The van der Waals surface area contributed by atoms with Crippen molar-refractivity contribution in [2.45, 2.75) is 0 Å². The van der Waals surface area contributed by atoms with E-state index in [1.807, 2.05) is 0 Å². The highest BCUT2D eigenvalue weighted by Crippen LogP contribution is 2.29. The molecule has 0 aliphatic carbocycles. The number of nitrogens with one attached hydrogen (secondary N) is 1. The molecule has 1 rings (SSSR count). The summed E-state index contributed by atoms with van der Waals surface area (Å²) >= 11 is 11.5. The molecule has 0 aromatic heterocycles. The van der Waals surface area contributed by atoms with Gasteiger partial charge in [-0.2, -0.15) is 0 Å². The van der Waals surface area contributed by atoms with E-state index in [2.05, 4.69) is 5.32 Å². The Morgan fingerprint density at radius 2 is 2.08 bits per heavy atom. The van der Waals surface area contributed by atoms with Crippen molar-refractivity contribution in [2.24, 2.45) is 5.73 Å². The summed E-state index contributed by atoms with van der Waals surface area (Å²) < 4.78 is 0. The lowest BCUT2D eigenvalue weighted by Crippen LogP contribution is -2.13. The van der Waals surface area contributed by atoms with Crippen molar-refractivity contribution < 1.29 is 4.79 Å². The standard InChI is InChI=1S/C8H8Cl2N2O/c1-12-7-5(8(11)13)2-4(9)3-6(7)10/h2-3,12H,1H3,(H2,11,13). The number of anilines is 1. The molecule has 0 spiro atoms. The number of primary amides is 1. The van der Waals surface area contributed by atoms with Crippen molar-refractivity contribution in [3.63, 3.8) is 0 Å². The molecule has 1 aromatic rings. The molecule has 0 aliphatic heterocycles. The molecule has 0 heterocycles. The lowest BCUT2D eigenvalue weighted by molar-refractivity contribution is 0.100. The number of hydrogen-bond acceptors (Lipinski definition) is 2. The van der Waals surface area contributed by atoms with Gasteiger partial charge in [0.05, 0.1) is 16.3 Å². The van der Waals surface area contributed by atoms with Crippen molar-refractivity contribution in [2.75, 3.05) is 12.4 Å². The Morgan fingerprint density at radius 3 is 2.54 bits per heavy atom. The van der Waals surface area contributed by atoms with E-state index in [-0.39, 0.29) is 0 Å². The van der Waals surface area contributed by atoms with E-state index >= 15 is 0 Å². The van der Waals surface area contributed by atoms with Crippen molar-refractivity contribution >= 4 is 34.8 Å². The zero-order valence-corrected chi connectivity index (χ0v) is 8.41. The Balaban J connectivity index is 3.38. The minimum absolute atomic E-state index is 0.292. The van der Waals surface area contributed by atoms with Crippen molar-refractivity contribution in [1.82, 2.24) is 0 Å². The fourth-order valence-corrected chi connectivity index (χ4v) is 1.61. The Bertz CT molecular complexity index is 352. The number of benzene rings is 1. The highest BCUT2D eigenvalue weighted by Gasteiger charge is 2.11. The van der Waals surface area contributed by atoms with E-state index in [9.17, 15) is 4.79 Å². The van der Waals surface area contributed by atoms with Gasteiger partial charge in [-0.25, -0.2) is 0 Å². The van der Waals surface area contributed by atoms with Crippen LogP contribution in [0.3, 0.4) is 0 Å². The van der Waals surface area contributed by atoms with Crippen LogP contribution in [-0.4, -0.2) is 13.0 Å². The van der Waals surface area contributed by atoms with Crippen LogP contribution in [0.2, 0.25) is 10.0 Å². The van der Waals surface area contributed by atoms with E-state index in [1.165, 1.54) is 6.07 Å². The van der Waals surface area contributed by atoms with Gasteiger partial charge in [0, 0.05) is 12.1 Å². The molecule has 0 atom stereocenters. The number of hydrogen-bond donors (Lipinski definition) is 2. The van der Waals surface area contributed by atoms with Crippen molar-refractivity contribution in [1.29, 1.82) is 0 Å². The lowest BCUT2D eigenvalue weighted by Gasteiger charge is -2.08. The van der Waals surface area contributed by atoms with Crippen LogP contribution in [0.1, 0.15) is 10.4 Å². The number of carbonyl (C=O) groups excluding carboxylic acids is 1. The predicted octanol–water partition coefficient (Wildman–Crippen LogP) is 2.13. The third kappa shape index (κ3) is 2.05. The maximum Gasteiger partial charge on any atom is 0.250 e. The Kier molecular flexibility index (Phi) is 3.01. The summed E-state index contributed by atoms with van der Waals surface area (Å²) in [5.74, 6) is -0.561. The second-order valence-electron chi connectivity index (χ2n) is 2.42. The molecule has 1 aromatic carbocycles. The van der Waals surface area contributed by atoms with Crippen LogP contribution in [0.5, 0.6) is 0 Å². The van der Waals surface area contributed by atoms with Gasteiger partial charge in [-0.15, -0.1) is 0 Å². The molecule has 3 N–H and O–H groups in total. The summed E-state index contributed by atoms with van der Waals surface area (Å²) in [5.41, 5.74) is 5.92. The molecule has 70 valence electrons. The molecule has 3 nitrogen and oxygen atoms in total. The van der Waals surface area contributed by atoms with E-state index in [0.717, 1.165) is 0 Å². The van der Waals surface area contributed by atoms with Gasteiger partial charge in [-0.3, -0.25) is 4.79 Å². The van der Waals surface area contributed by atoms with E-state index in [0.29, 0.717) is 21.3 Å². The molecule has 0 bridgehead atoms. The fourth-order valence-electron chi connectivity index (χ4n) is 1.02. The normalized spacial score (nSPS) is 9.77. The summed E-state index contributed by atoms with van der Waals surface area (Å²) in [6.07, 6.45) is 0. The molecule has 0 fully saturated rings. The molecule has 13 heavy (non-hydrogen) atoms. The molecule has 0 unspecified atom stereocenters. The van der Waals surface area contributed by atoms with Gasteiger partial charge in [0.1, 0.15) is 0 Å². The first-order chi connectivity index (χ1) is 6.06. The minimum Gasteiger partial charge on any atom is -0.386 e. The second kappa shape index (κ2) is 3.85. The van der Waals surface area contributed by atoms with Crippen molar-refractivity contribution in [3.05, 3.63) is 27.7 Å². The minimum atomic E-state index is -0.561. The largest absolute Gasteiger partial charge is 0.386 e. The first kappa shape index (κ1) is 10.2. The summed E-state index contributed by atoms with van der Waals surface area (Å²) in [6.45, 7) is 0. The molecular formula is C8H8Cl2N2O. The monoisotopic (exact) mass is 218 g/mol. The summed E-state index contributed by atoms with van der Waals surface area (Å²) in [7, 11) is 1.65. The molecule has 0 aliphatic rings. The molecule has 0 saturated carbocycles. The van der Waals surface area contributed by atoms with Crippen LogP contribution < -0.4 is 11.1 Å².